The number of aromatic nitrogens is 1. The van der Waals surface area contributed by atoms with Gasteiger partial charge in [0.2, 0.25) is 5.89 Å². The number of ether oxygens (including phenoxy) is 1. The molecule has 0 saturated heterocycles. The molecule has 20 heavy (non-hydrogen) atoms. The molecule has 0 amide bonds. The number of halogens is 1. The van der Waals surface area contributed by atoms with Gasteiger partial charge in [-0.2, -0.15) is 0 Å². The minimum absolute atomic E-state index is 0.116. The fourth-order valence-corrected chi connectivity index (χ4v) is 2.17. The molecule has 0 unspecified atom stereocenters. The lowest BCUT2D eigenvalue weighted by Gasteiger charge is -2.05. The molecule has 2 aromatic carbocycles. The highest BCUT2D eigenvalue weighted by Crippen LogP contribution is 2.16. The van der Waals surface area contributed by atoms with Crippen LogP contribution in [0.25, 0.3) is 10.9 Å². The van der Waals surface area contributed by atoms with Gasteiger partial charge in [0.25, 0.3) is 0 Å². The van der Waals surface area contributed by atoms with Gasteiger partial charge in [-0.25, -0.2) is 9.78 Å². The Morgan fingerprint density at radius 3 is 2.75 bits per heavy atom. The number of hydrogen-bond acceptors (Lipinski definition) is 4. The van der Waals surface area contributed by atoms with Crippen LogP contribution >= 0.6 is 15.9 Å². The van der Waals surface area contributed by atoms with E-state index in [-0.39, 0.29) is 12.5 Å². The van der Waals surface area contributed by atoms with Gasteiger partial charge in [-0.3, -0.25) is 0 Å². The van der Waals surface area contributed by atoms with Gasteiger partial charge in [0.1, 0.15) is 5.75 Å². The van der Waals surface area contributed by atoms with Gasteiger partial charge < -0.3 is 9.15 Å². The summed E-state index contributed by atoms with van der Waals surface area (Å²) < 4.78 is 11.5. The predicted octanol–water partition coefficient (Wildman–Crippen LogP) is 3.53. The van der Waals surface area contributed by atoms with Crippen LogP contribution in [0.1, 0.15) is 5.89 Å². The van der Waals surface area contributed by atoms with Gasteiger partial charge in [0, 0.05) is 4.47 Å². The molecule has 0 fully saturated rings. The molecule has 0 aliphatic carbocycles. The molecule has 1 heterocycles. The highest BCUT2D eigenvalue weighted by molar-refractivity contribution is 9.10. The van der Waals surface area contributed by atoms with Gasteiger partial charge in [-0.1, -0.05) is 34.1 Å². The largest absolute Gasteiger partial charge is 0.484 e. The fraction of sp³-hybridized carbons (Fsp3) is 0.0667. The van der Waals surface area contributed by atoms with E-state index in [1.807, 2.05) is 36.4 Å². The third kappa shape index (κ3) is 2.72. The highest BCUT2D eigenvalue weighted by atomic mass is 79.9. The summed E-state index contributed by atoms with van der Waals surface area (Å²) in [4.78, 5) is 16.2. The van der Waals surface area contributed by atoms with E-state index in [2.05, 4.69) is 20.9 Å². The second-order valence-electron chi connectivity index (χ2n) is 4.16. The number of rotatable bonds is 3. The summed E-state index contributed by atoms with van der Waals surface area (Å²) in [5, 5.41) is 0.447. The summed E-state index contributed by atoms with van der Waals surface area (Å²) in [7, 11) is 0. The van der Waals surface area contributed by atoms with Crippen molar-refractivity contribution in [1.82, 2.24) is 4.98 Å². The number of benzene rings is 2. The summed E-state index contributed by atoms with van der Waals surface area (Å²) in [6, 6.07) is 14.6. The lowest BCUT2D eigenvalue weighted by Crippen LogP contribution is -2.07. The summed E-state index contributed by atoms with van der Waals surface area (Å²) in [5.74, 6) is 0.960. The van der Waals surface area contributed by atoms with E-state index in [4.69, 9.17) is 9.15 Å². The first-order valence-electron chi connectivity index (χ1n) is 5.99. The van der Waals surface area contributed by atoms with E-state index < -0.39 is 5.63 Å². The quantitative estimate of drug-likeness (QED) is 0.736. The van der Waals surface area contributed by atoms with Crippen molar-refractivity contribution in [3.63, 3.8) is 0 Å². The molecule has 4 nitrogen and oxygen atoms in total. The first kappa shape index (κ1) is 12.9. The lowest BCUT2D eigenvalue weighted by molar-refractivity contribution is 0.253. The Morgan fingerprint density at radius 1 is 1.15 bits per heavy atom. The minimum Gasteiger partial charge on any atom is -0.484 e. The van der Waals surface area contributed by atoms with Crippen molar-refractivity contribution in [2.75, 3.05) is 0 Å². The van der Waals surface area contributed by atoms with Crippen molar-refractivity contribution in [3.8, 4) is 5.75 Å². The van der Waals surface area contributed by atoms with Gasteiger partial charge in [-0.05, 0) is 30.3 Å². The fourth-order valence-electron chi connectivity index (χ4n) is 1.81. The number of fused-ring (bicyclic) bond motifs is 1. The molecule has 0 aliphatic heterocycles. The molecule has 0 N–H and O–H groups in total. The second kappa shape index (κ2) is 5.46. The Labute approximate surface area is 123 Å². The third-order valence-corrected chi connectivity index (χ3v) is 3.23. The van der Waals surface area contributed by atoms with Crippen molar-refractivity contribution in [2.45, 2.75) is 6.61 Å². The van der Waals surface area contributed by atoms with Crippen LogP contribution in [0.3, 0.4) is 0 Å². The Kier molecular flexibility index (Phi) is 3.52. The Balaban J connectivity index is 1.89. The molecule has 3 aromatic rings. The zero-order valence-corrected chi connectivity index (χ0v) is 12.0. The van der Waals surface area contributed by atoms with Crippen molar-refractivity contribution in [3.05, 3.63) is 69.3 Å². The zero-order chi connectivity index (χ0) is 13.9. The number of para-hydroxylation sites is 1. The van der Waals surface area contributed by atoms with Gasteiger partial charge in [0.15, 0.2) is 6.61 Å². The molecular formula is C15H10BrNO3. The van der Waals surface area contributed by atoms with Crippen LogP contribution in [-0.2, 0) is 6.61 Å². The Hall–Kier alpha value is -2.14. The first-order chi connectivity index (χ1) is 9.72. The standard InChI is InChI=1S/C15H10BrNO3/c16-10-6-7-13-12(8-10)15(18)20-14(17-13)9-19-11-4-2-1-3-5-11/h1-8H,9H2. The van der Waals surface area contributed by atoms with E-state index in [1.165, 1.54) is 0 Å². The van der Waals surface area contributed by atoms with Crippen LogP contribution in [0.15, 0.2) is 62.2 Å². The van der Waals surface area contributed by atoms with Crippen molar-refractivity contribution >= 4 is 26.8 Å². The average Bonchev–Trinajstić information content (AvgIpc) is 2.47. The molecule has 1 aromatic heterocycles. The van der Waals surface area contributed by atoms with Crippen molar-refractivity contribution < 1.29 is 9.15 Å². The Bertz CT molecular complexity index is 799. The maximum absolute atomic E-state index is 11.9. The third-order valence-electron chi connectivity index (χ3n) is 2.74. The minimum atomic E-state index is -0.414. The predicted molar refractivity (Wildman–Crippen MR) is 78.8 cm³/mol. The topological polar surface area (TPSA) is 52.3 Å². The van der Waals surface area contributed by atoms with Crippen molar-refractivity contribution in [1.29, 1.82) is 0 Å². The zero-order valence-electron chi connectivity index (χ0n) is 10.4. The van der Waals surface area contributed by atoms with Crippen LogP contribution in [0, 0.1) is 0 Å². The molecule has 5 heteroatoms. The smallest absolute Gasteiger partial charge is 0.346 e. The maximum Gasteiger partial charge on any atom is 0.346 e. The lowest BCUT2D eigenvalue weighted by atomic mass is 10.2. The molecule has 100 valence electrons. The molecule has 0 saturated carbocycles. The van der Waals surface area contributed by atoms with E-state index in [0.717, 1.165) is 4.47 Å². The molecule has 0 spiro atoms. The van der Waals surface area contributed by atoms with E-state index in [9.17, 15) is 4.79 Å². The number of hydrogen-bond donors (Lipinski definition) is 0. The van der Waals surface area contributed by atoms with E-state index >= 15 is 0 Å². The maximum atomic E-state index is 11.9. The van der Waals surface area contributed by atoms with Crippen LogP contribution < -0.4 is 10.4 Å². The highest BCUT2D eigenvalue weighted by Gasteiger charge is 2.07. The molecule has 0 atom stereocenters. The first-order valence-corrected chi connectivity index (χ1v) is 6.79. The van der Waals surface area contributed by atoms with E-state index in [1.54, 1.807) is 12.1 Å². The normalized spacial score (nSPS) is 10.7. The second-order valence-corrected chi connectivity index (χ2v) is 5.07. The monoisotopic (exact) mass is 331 g/mol. The summed E-state index contributed by atoms with van der Waals surface area (Å²) in [6.45, 7) is 0.116. The molecule has 0 aliphatic rings. The molecule has 0 radical (unpaired) electrons. The average molecular weight is 332 g/mol. The molecule has 0 bridgehead atoms. The van der Waals surface area contributed by atoms with Crippen LogP contribution in [0.2, 0.25) is 0 Å². The van der Waals surface area contributed by atoms with Crippen LogP contribution in [0.5, 0.6) is 5.75 Å². The van der Waals surface area contributed by atoms with Crippen LogP contribution in [0.4, 0.5) is 0 Å². The SMILES string of the molecule is O=c1oc(COc2ccccc2)nc2ccc(Br)cc12. The van der Waals surface area contributed by atoms with Crippen molar-refractivity contribution in [2.24, 2.45) is 0 Å². The summed E-state index contributed by atoms with van der Waals surface area (Å²) in [5.41, 5.74) is 0.180. The van der Waals surface area contributed by atoms with E-state index in [0.29, 0.717) is 16.7 Å². The van der Waals surface area contributed by atoms with Crippen LogP contribution in [-0.4, -0.2) is 4.98 Å². The molecule has 3 rings (SSSR count). The number of nitrogens with zero attached hydrogens (tertiary/aromatic N) is 1. The van der Waals surface area contributed by atoms with Gasteiger partial charge in [0.05, 0.1) is 10.9 Å². The van der Waals surface area contributed by atoms with Gasteiger partial charge >= 0.3 is 5.63 Å². The Morgan fingerprint density at radius 2 is 1.95 bits per heavy atom. The summed E-state index contributed by atoms with van der Waals surface area (Å²) in [6.07, 6.45) is 0. The summed E-state index contributed by atoms with van der Waals surface area (Å²) >= 11 is 3.31. The molecular weight excluding hydrogens is 322 g/mol. The van der Waals surface area contributed by atoms with Gasteiger partial charge in [-0.15, -0.1) is 0 Å².